The minimum absolute atomic E-state index is 0.00563. The van der Waals surface area contributed by atoms with Crippen LogP contribution in [0.2, 0.25) is 0 Å². The van der Waals surface area contributed by atoms with Crippen molar-refractivity contribution in [3.63, 3.8) is 0 Å². The Bertz CT molecular complexity index is 1170. The van der Waals surface area contributed by atoms with Gasteiger partial charge in [-0.3, -0.25) is 14.5 Å². The van der Waals surface area contributed by atoms with Crippen molar-refractivity contribution in [2.75, 3.05) is 18.6 Å². The molecule has 1 fully saturated rings. The van der Waals surface area contributed by atoms with Gasteiger partial charge in [-0.25, -0.2) is 4.98 Å². The summed E-state index contributed by atoms with van der Waals surface area (Å²) in [5.74, 6) is -0.501. The summed E-state index contributed by atoms with van der Waals surface area (Å²) < 4.78 is 11.0. The molecule has 8 heteroatoms. The van der Waals surface area contributed by atoms with Crippen molar-refractivity contribution in [2.24, 2.45) is 0 Å². The molecule has 0 aliphatic carbocycles. The zero-order valence-electron chi connectivity index (χ0n) is 18.4. The molecule has 1 atom stereocenters. The van der Waals surface area contributed by atoms with Gasteiger partial charge in [0.2, 0.25) is 0 Å². The minimum atomic E-state index is -0.840. The molecule has 170 valence electrons. The van der Waals surface area contributed by atoms with E-state index in [9.17, 15) is 14.7 Å². The lowest BCUT2D eigenvalue weighted by Crippen LogP contribution is -2.29. The van der Waals surface area contributed by atoms with Gasteiger partial charge in [0, 0.05) is 17.1 Å². The molecule has 1 aliphatic rings. The third kappa shape index (κ3) is 4.47. The summed E-state index contributed by atoms with van der Waals surface area (Å²) in [7, 11) is 1.55. The molecule has 1 aliphatic heterocycles. The normalized spacial score (nSPS) is 17.4. The van der Waals surface area contributed by atoms with E-state index in [-0.39, 0.29) is 11.3 Å². The molecule has 33 heavy (non-hydrogen) atoms. The largest absolute Gasteiger partial charge is 0.507 e. The molecule has 2 heterocycles. The first-order valence-corrected chi connectivity index (χ1v) is 11.5. The van der Waals surface area contributed by atoms with Gasteiger partial charge in [-0.2, -0.15) is 0 Å². The van der Waals surface area contributed by atoms with Crippen LogP contribution in [0.15, 0.2) is 65.7 Å². The van der Waals surface area contributed by atoms with Crippen molar-refractivity contribution in [1.29, 1.82) is 0 Å². The fraction of sp³-hybridized carbons (Fsp3) is 0.240. The summed E-state index contributed by atoms with van der Waals surface area (Å²) in [5, 5.41) is 13.3. The van der Waals surface area contributed by atoms with E-state index in [1.165, 1.54) is 16.2 Å². The van der Waals surface area contributed by atoms with Crippen LogP contribution in [-0.2, 0) is 9.59 Å². The molecule has 3 aromatic rings. The second kappa shape index (κ2) is 9.87. The van der Waals surface area contributed by atoms with Crippen molar-refractivity contribution >= 4 is 33.9 Å². The highest BCUT2D eigenvalue weighted by Gasteiger charge is 2.48. The number of aliphatic hydroxyl groups excluding tert-OH is 1. The molecule has 7 nitrogen and oxygen atoms in total. The van der Waals surface area contributed by atoms with Crippen LogP contribution >= 0.6 is 11.3 Å². The van der Waals surface area contributed by atoms with Crippen LogP contribution in [0.1, 0.15) is 36.9 Å². The van der Waals surface area contributed by atoms with Crippen LogP contribution in [0.25, 0.3) is 5.76 Å². The number of aromatic nitrogens is 1. The number of carbonyl (C=O) groups excluding carboxylic acids is 2. The van der Waals surface area contributed by atoms with Gasteiger partial charge < -0.3 is 14.6 Å². The molecule has 2 aromatic carbocycles. The lowest BCUT2D eigenvalue weighted by Gasteiger charge is -2.23. The van der Waals surface area contributed by atoms with Crippen LogP contribution in [-0.4, -0.2) is 35.5 Å². The Labute approximate surface area is 195 Å². The first-order valence-electron chi connectivity index (χ1n) is 10.6. The molecule has 1 unspecified atom stereocenters. The molecule has 0 spiro atoms. The van der Waals surface area contributed by atoms with E-state index < -0.39 is 17.7 Å². The Balaban J connectivity index is 1.83. The second-order valence-corrected chi connectivity index (χ2v) is 8.36. The van der Waals surface area contributed by atoms with Crippen LogP contribution in [0.5, 0.6) is 11.5 Å². The molecule has 0 bridgehead atoms. The summed E-state index contributed by atoms with van der Waals surface area (Å²) in [5.41, 5.74) is 1.06. The van der Waals surface area contributed by atoms with E-state index in [2.05, 4.69) is 11.9 Å². The van der Waals surface area contributed by atoms with Crippen molar-refractivity contribution in [3.05, 3.63) is 76.8 Å². The molecule has 1 N–H and O–H groups in total. The smallest absolute Gasteiger partial charge is 0.301 e. The minimum Gasteiger partial charge on any atom is -0.507 e. The molecule has 0 saturated carbocycles. The standard InChI is InChI=1S/C25H24N2O5S/c1-3-4-13-32-19-7-5-6-17(15-19)21-20(22(28)16-8-10-18(31-2)11-9-16)23(29)24(30)27(21)25-26-12-14-33-25/h5-12,14-15,21,28H,3-4,13H2,1-2H3. The van der Waals surface area contributed by atoms with Crippen LogP contribution < -0.4 is 14.4 Å². The summed E-state index contributed by atoms with van der Waals surface area (Å²) >= 11 is 1.25. The first kappa shape index (κ1) is 22.5. The third-order valence-corrected chi connectivity index (χ3v) is 6.14. The number of ether oxygens (including phenoxy) is 2. The fourth-order valence-electron chi connectivity index (χ4n) is 3.69. The SMILES string of the molecule is CCCCOc1cccc(C2C(=C(O)c3ccc(OC)cc3)C(=O)C(=O)N2c2nccs2)c1. The summed E-state index contributed by atoms with van der Waals surface area (Å²) in [6.07, 6.45) is 3.50. The number of amides is 1. The number of thiazole rings is 1. The van der Waals surface area contributed by atoms with E-state index in [1.807, 2.05) is 18.2 Å². The molecule has 0 radical (unpaired) electrons. The van der Waals surface area contributed by atoms with Gasteiger partial charge in [0.05, 0.1) is 25.3 Å². The van der Waals surface area contributed by atoms with E-state index in [4.69, 9.17) is 9.47 Å². The predicted molar refractivity (Wildman–Crippen MR) is 127 cm³/mol. The maximum Gasteiger partial charge on any atom is 0.301 e. The number of aliphatic hydroxyl groups is 1. The number of hydrogen-bond donors (Lipinski definition) is 1. The zero-order chi connectivity index (χ0) is 23.4. The monoisotopic (exact) mass is 464 g/mol. The van der Waals surface area contributed by atoms with E-state index in [0.29, 0.717) is 34.4 Å². The topological polar surface area (TPSA) is 89.0 Å². The number of nitrogens with zero attached hydrogens (tertiary/aromatic N) is 2. The van der Waals surface area contributed by atoms with Crippen LogP contribution in [0, 0.1) is 0 Å². The highest BCUT2D eigenvalue weighted by atomic mass is 32.1. The summed E-state index contributed by atoms with van der Waals surface area (Å²) in [4.78, 5) is 31.8. The number of rotatable bonds is 8. The number of unbranched alkanes of at least 4 members (excludes halogenated alkanes) is 1. The molecule has 1 aromatic heterocycles. The van der Waals surface area contributed by atoms with E-state index in [1.54, 1.807) is 49.0 Å². The summed E-state index contributed by atoms with van der Waals surface area (Å²) in [6, 6.07) is 13.1. The highest BCUT2D eigenvalue weighted by Crippen LogP contribution is 2.43. The third-order valence-electron chi connectivity index (χ3n) is 5.37. The number of carbonyl (C=O) groups is 2. The quantitative estimate of drug-likeness (QED) is 0.219. The Morgan fingerprint density at radius 2 is 1.94 bits per heavy atom. The lowest BCUT2D eigenvalue weighted by atomic mass is 9.95. The number of methoxy groups -OCH3 is 1. The molecular weight excluding hydrogens is 440 g/mol. The van der Waals surface area contributed by atoms with Crippen molar-refractivity contribution in [2.45, 2.75) is 25.8 Å². The van der Waals surface area contributed by atoms with Gasteiger partial charge in [0.15, 0.2) is 5.13 Å². The predicted octanol–water partition coefficient (Wildman–Crippen LogP) is 4.96. The lowest BCUT2D eigenvalue weighted by molar-refractivity contribution is -0.132. The fourth-order valence-corrected chi connectivity index (χ4v) is 4.36. The first-order chi connectivity index (χ1) is 16.0. The van der Waals surface area contributed by atoms with Crippen LogP contribution in [0.4, 0.5) is 5.13 Å². The average Bonchev–Trinajstić information content (AvgIpc) is 3.46. The maximum absolute atomic E-state index is 13.1. The number of anilines is 1. The Kier molecular flexibility index (Phi) is 6.74. The average molecular weight is 465 g/mol. The Morgan fingerprint density at radius 3 is 2.61 bits per heavy atom. The van der Waals surface area contributed by atoms with Gasteiger partial charge in [-0.15, -0.1) is 11.3 Å². The molecular formula is C25H24N2O5S. The van der Waals surface area contributed by atoms with Crippen LogP contribution in [0.3, 0.4) is 0 Å². The number of ketones is 1. The van der Waals surface area contributed by atoms with Gasteiger partial charge in [-0.05, 0) is 48.4 Å². The van der Waals surface area contributed by atoms with E-state index >= 15 is 0 Å². The second-order valence-electron chi connectivity index (χ2n) is 7.49. The maximum atomic E-state index is 13.1. The van der Waals surface area contributed by atoms with Gasteiger partial charge in [-0.1, -0.05) is 25.5 Å². The van der Waals surface area contributed by atoms with Gasteiger partial charge in [0.1, 0.15) is 17.3 Å². The molecule has 4 rings (SSSR count). The van der Waals surface area contributed by atoms with Gasteiger partial charge >= 0.3 is 5.91 Å². The number of Topliss-reactive ketones (excluding diaryl/α,β-unsaturated/α-hetero) is 1. The Hall–Kier alpha value is -3.65. The van der Waals surface area contributed by atoms with Gasteiger partial charge in [0.25, 0.3) is 5.78 Å². The summed E-state index contributed by atoms with van der Waals surface area (Å²) in [6.45, 7) is 2.65. The molecule has 1 amide bonds. The van der Waals surface area contributed by atoms with Crippen molar-refractivity contribution in [1.82, 2.24) is 4.98 Å². The van der Waals surface area contributed by atoms with E-state index in [0.717, 1.165) is 12.8 Å². The number of benzene rings is 2. The van der Waals surface area contributed by atoms with Crippen molar-refractivity contribution in [3.8, 4) is 11.5 Å². The number of hydrogen-bond acceptors (Lipinski definition) is 7. The highest BCUT2D eigenvalue weighted by molar-refractivity contribution is 7.14. The van der Waals surface area contributed by atoms with Crippen molar-refractivity contribution < 1.29 is 24.2 Å². The zero-order valence-corrected chi connectivity index (χ0v) is 19.2. The molecule has 1 saturated heterocycles. The Morgan fingerprint density at radius 1 is 1.15 bits per heavy atom.